The Labute approximate surface area is 158 Å². The van der Waals surface area contributed by atoms with Crippen molar-refractivity contribution in [1.82, 2.24) is 0 Å². The number of hydrogen-bond acceptors (Lipinski definition) is 5. The molecule has 0 amide bonds. The SMILES string of the molecule is CCOC(=O)/C(=C/[C@@H]1[C@@H]2C[C@H](C)CC[C@@H]2C1(C)C)P(=O)(OCC)OCC. The van der Waals surface area contributed by atoms with Crippen molar-refractivity contribution in [2.75, 3.05) is 19.8 Å². The molecule has 2 aliphatic rings. The molecule has 2 saturated carbocycles. The Hall–Kier alpha value is -0.640. The van der Waals surface area contributed by atoms with Crippen molar-refractivity contribution < 1.29 is 23.1 Å². The van der Waals surface area contributed by atoms with Gasteiger partial charge in [0, 0.05) is 0 Å². The third-order valence-corrected chi connectivity index (χ3v) is 8.27. The molecule has 2 aliphatic carbocycles. The van der Waals surface area contributed by atoms with Crippen LogP contribution in [0.5, 0.6) is 0 Å². The minimum Gasteiger partial charge on any atom is -0.462 e. The topological polar surface area (TPSA) is 61.8 Å². The highest BCUT2D eigenvalue weighted by atomic mass is 31.2. The van der Waals surface area contributed by atoms with Crippen LogP contribution in [-0.2, 0) is 23.1 Å². The number of esters is 1. The van der Waals surface area contributed by atoms with E-state index in [9.17, 15) is 9.36 Å². The lowest BCUT2D eigenvalue weighted by molar-refractivity contribution is -0.138. The minimum atomic E-state index is -3.68. The number of hydrogen-bond donors (Lipinski definition) is 0. The molecule has 0 aromatic heterocycles. The van der Waals surface area contributed by atoms with Gasteiger partial charge in [-0.1, -0.05) is 33.3 Å². The fourth-order valence-electron chi connectivity index (χ4n) is 4.93. The highest BCUT2D eigenvalue weighted by molar-refractivity contribution is 7.59. The molecule has 6 heteroatoms. The Morgan fingerprint density at radius 1 is 1.12 bits per heavy atom. The number of fused-ring (bicyclic) bond motifs is 1. The Morgan fingerprint density at radius 3 is 2.27 bits per heavy atom. The van der Waals surface area contributed by atoms with E-state index in [1.165, 1.54) is 12.8 Å². The Balaban J connectivity index is 2.40. The third kappa shape index (κ3) is 4.10. The predicted molar refractivity (Wildman–Crippen MR) is 103 cm³/mol. The van der Waals surface area contributed by atoms with Gasteiger partial charge in [0.1, 0.15) is 5.31 Å². The molecule has 0 heterocycles. The first-order valence-electron chi connectivity index (χ1n) is 9.99. The lowest BCUT2D eigenvalue weighted by atomic mass is 9.44. The van der Waals surface area contributed by atoms with Crippen molar-refractivity contribution in [1.29, 1.82) is 0 Å². The van der Waals surface area contributed by atoms with Gasteiger partial charge in [-0.15, -0.1) is 0 Å². The summed E-state index contributed by atoms with van der Waals surface area (Å²) in [5.41, 5.74) is 0.0752. The number of carbonyl (C=O) groups is 1. The summed E-state index contributed by atoms with van der Waals surface area (Å²) in [6.45, 7) is 12.7. The molecule has 0 aromatic carbocycles. The zero-order chi connectivity index (χ0) is 19.5. The zero-order valence-electron chi connectivity index (χ0n) is 17.1. The lowest BCUT2D eigenvalue weighted by Gasteiger charge is -2.61. The van der Waals surface area contributed by atoms with Gasteiger partial charge < -0.3 is 13.8 Å². The normalized spacial score (nSPS) is 31.1. The van der Waals surface area contributed by atoms with Gasteiger partial charge in [0.2, 0.25) is 0 Å². The molecular weight excluding hydrogens is 351 g/mol. The van der Waals surface area contributed by atoms with Gasteiger partial charge in [0.05, 0.1) is 19.8 Å². The van der Waals surface area contributed by atoms with Crippen molar-refractivity contribution in [2.45, 2.75) is 60.8 Å². The molecule has 0 radical (unpaired) electrons. The van der Waals surface area contributed by atoms with E-state index in [0.717, 1.165) is 6.42 Å². The predicted octanol–water partition coefficient (Wildman–Crippen LogP) is 5.41. The van der Waals surface area contributed by atoms with E-state index in [1.54, 1.807) is 20.8 Å². The first-order valence-corrected chi connectivity index (χ1v) is 11.5. The standard InChI is InChI=1S/C20H35O5P/c1-7-23-19(21)18(26(22,24-8-2)25-9-3)13-17-15-12-14(4)10-11-16(15)20(17,5)6/h13-17H,7-12H2,1-6H3/b18-13-/t14-,15-,16+,17-/m1/s1. The van der Waals surface area contributed by atoms with Crippen molar-refractivity contribution in [2.24, 2.45) is 29.1 Å². The number of ether oxygens (including phenoxy) is 1. The Morgan fingerprint density at radius 2 is 1.73 bits per heavy atom. The van der Waals surface area contributed by atoms with Gasteiger partial charge in [0.25, 0.3) is 0 Å². The molecule has 150 valence electrons. The van der Waals surface area contributed by atoms with Gasteiger partial charge in [-0.05, 0) is 62.7 Å². The van der Waals surface area contributed by atoms with E-state index >= 15 is 0 Å². The molecule has 0 spiro atoms. The van der Waals surface area contributed by atoms with Crippen LogP contribution in [0.3, 0.4) is 0 Å². The maximum atomic E-state index is 13.3. The van der Waals surface area contributed by atoms with Crippen molar-refractivity contribution in [3.63, 3.8) is 0 Å². The van der Waals surface area contributed by atoms with E-state index in [2.05, 4.69) is 20.8 Å². The molecule has 5 nitrogen and oxygen atoms in total. The van der Waals surface area contributed by atoms with E-state index in [4.69, 9.17) is 13.8 Å². The molecule has 0 N–H and O–H groups in total. The number of allylic oxidation sites excluding steroid dienone is 1. The quantitative estimate of drug-likeness (QED) is 0.317. The van der Waals surface area contributed by atoms with Gasteiger partial charge in [-0.3, -0.25) is 4.57 Å². The molecule has 26 heavy (non-hydrogen) atoms. The Bertz CT molecular complexity index is 573. The molecule has 0 unspecified atom stereocenters. The van der Waals surface area contributed by atoms with Gasteiger partial charge >= 0.3 is 13.6 Å². The van der Waals surface area contributed by atoms with Crippen LogP contribution in [0.1, 0.15) is 60.8 Å². The maximum Gasteiger partial charge on any atom is 0.368 e. The summed E-state index contributed by atoms with van der Waals surface area (Å²) >= 11 is 0. The number of carbonyl (C=O) groups excluding carboxylic acids is 1. The minimum absolute atomic E-state index is 0.0752. The summed E-state index contributed by atoms with van der Waals surface area (Å²) < 4.78 is 29.4. The van der Waals surface area contributed by atoms with Crippen molar-refractivity contribution in [3.8, 4) is 0 Å². The highest BCUT2D eigenvalue weighted by Gasteiger charge is 2.57. The van der Waals surface area contributed by atoms with Gasteiger partial charge in [0.15, 0.2) is 0 Å². The van der Waals surface area contributed by atoms with Crippen molar-refractivity contribution in [3.05, 3.63) is 11.4 Å². The average Bonchev–Trinajstić information content (AvgIpc) is 2.55. The maximum absolute atomic E-state index is 13.3. The van der Waals surface area contributed by atoms with Crippen LogP contribution in [-0.4, -0.2) is 25.8 Å². The van der Waals surface area contributed by atoms with Crippen LogP contribution in [0, 0.1) is 29.1 Å². The van der Waals surface area contributed by atoms with Gasteiger partial charge in [-0.25, -0.2) is 4.79 Å². The van der Waals surface area contributed by atoms with Crippen LogP contribution >= 0.6 is 7.60 Å². The van der Waals surface area contributed by atoms with Crippen molar-refractivity contribution >= 4 is 13.6 Å². The zero-order valence-corrected chi connectivity index (χ0v) is 18.0. The second kappa shape index (κ2) is 8.58. The highest BCUT2D eigenvalue weighted by Crippen LogP contribution is 2.65. The molecule has 2 fully saturated rings. The number of rotatable bonds is 8. The van der Waals surface area contributed by atoms with E-state index in [1.807, 2.05) is 6.08 Å². The average molecular weight is 386 g/mol. The van der Waals surface area contributed by atoms with Crippen LogP contribution in [0.4, 0.5) is 0 Å². The largest absolute Gasteiger partial charge is 0.462 e. The summed E-state index contributed by atoms with van der Waals surface area (Å²) in [7, 11) is -3.68. The van der Waals surface area contributed by atoms with Crippen LogP contribution < -0.4 is 0 Å². The first kappa shape index (κ1) is 21.7. The molecular formula is C20H35O5P. The lowest BCUT2D eigenvalue weighted by Crippen LogP contribution is -2.55. The van der Waals surface area contributed by atoms with E-state index in [-0.39, 0.29) is 36.5 Å². The van der Waals surface area contributed by atoms with Gasteiger partial charge in [-0.2, -0.15) is 0 Å². The first-order chi connectivity index (χ1) is 12.2. The summed E-state index contributed by atoms with van der Waals surface area (Å²) in [6.07, 6.45) is 5.51. The summed E-state index contributed by atoms with van der Waals surface area (Å²) in [5, 5.41) is 0.0813. The third-order valence-electron chi connectivity index (χ3n) is 6.15. The summed E-state index contributed by atoms with van der Waals surface area (Å²) in [5.74, 6) is 1.47. The van der Waals surface area contributed by atoms with Crippen LogP contribution in [0.25, 0.3) is 0 Å². The fraction of sp³-hybridized carbons (Fsp3) is 0.850. The molecule has 4 atom stereocenters. The molecule has 2 rings (SSSR count). The van der Waals surface area contributed by atoms with Crippen LogP contribution in [0.15, 0.2) is 11.4 Å². The monoisotopic (exact) mass is 386 g/mol. The summed E-state index contributed by atoms with van der Waals surface area (Å²) in [4.78, 5) is 12.6. The summed E-state index contributed by atoms with van der Waals surface area (Å²) in [6, 6.07) is 0. The molecule has 0 bridgehead atoms. The van der Waals surface area contributed by atoms with Crippen LogP contribution in [0.2, 0.25) is 0 Å². The van der Waals surface area contributed by atoms with E-state index < -0.39 is 13.6 Å². The second-order valence-corrected chi connectivity index (χ2v) is 10.1. The van der Waals surface area contributed by atoms with E-state index in [0.29, 0.717) is 17.8 Å². The molecule has 0 aromatic rings. The molecule has 0 saturated heterocycles. The Kier molecular flexibility index (Phi) is 7.15. The fourth-order valence-corrected chi connectivity index (χ4v) is 6.59. The smallest absolute Gasteiger partial charge is 0.368 e. The second-order valence-electron chi connectivity index (χ2n) is 8.14. The molecule has 0 aliphatic heterocycles.